The molecule has 1 heterocycles. The van der Waals surface area contributed by atoms with Crippen LogP contribution in [0.5, 0.6) is 46.0 Å². The van der Waals surface area contributed by atoms with Crippen LogP contribution in [-0.4, -0.2) is 40.9 Å². The Balaban J connectivity index is 1.46. The minimum absolute atomic E-state index is 0.00267. The van der Waals surface area contributed by atoms with Crippen LogP contribution in [0.1, 0.15) is 0 Å². The van der Waals surface area contributed by atoms with E-state index in [4.69, 9.17) is 4.42 Å². The maximum Gasteiger partial charge on any atom is 0.204 e. The summed E-state index contributed by atoms with van der Waals surface area (Å²) < 4.78 is 6.04. The number of benzene rings is 8. The molecule has 0 amide bonds. The molecule has 9 heteroatoms. The van der Waals surface area contributed by atoms with Gasteiger partial charge < -0.3 is 45.3 Å². The molecule has 9 rings (SSSR count). The second-order valence-corrected chi connectivity index (χ2v) is 12.4. The van der Waals surface area contributed by atoms with Crippen LogP contribution in [0.3, 0.4) is 0 Å². The lowest BCUT2D eigenvalue weighted by Crippen LogP contribution is -1.95. The van der Waals surface area contributed by atoms with Gasteiger partial charge in [-0.3, -0.25) is 0 Å². The number of hydrogen-bond acceptors (Lipinski definition) is 9. The van der Waals surface area contributed by atoms with E-state index in [0.29, 0.717) is 16.5 Å². The topological polar surface area (TPSA) is 175 Å². The molecule has 9 aromatic rings. The Labute approximate surface area is 287 Å². The zero-order valence-corrected chi connectivity index (χ0v) is 26.4. The third-order valence-corrected chi connectivity index (χ3v) is 9.74. The van der Waals surface area contributed by atoms with Crippen LogP contribution in [0.2, 0.25) is 0 Å². The number of aromatic hydroxyl groups is 8. The lowest BCUT2D eigenvalue weighted by atomic mass is 9.82. The Morgan fingerprint density at radius 2 is 0.765 bits per heavy atom. The van der Waals surface area contributed by atoms with Crippen molar-refractivity contribution in [2.45, 2.75) is 0 Å². The van der Waals surface area contributed by atoms with Crippen molar-refractivity contribution in [1.82, 2.24) is 0 Å². The Kier molecular flexibility index (Phi) is 6.21. The molecule has 0 aliphatic carbocycles. The average molecular weight is 675 g/mol. The lowest BCUT2D eigenvalue weighted by Gasteiger charge is -2.23. The number of phenols is 8. The summed E-state index contributed by atoms with van der Waals surface area (Å²) in [4.78, 5) is 0. The zero-order chi connectivity index (χ0) is 35.3. The summed E-state index contributed by atoms with van der Waals surface area (Å²) in [7, 11) is 0. The molecular formula is C42H26O9. The molecule has 0 radical (unpaired) electrons. The zero-order valence-electron chi connectivity index (χ0n) is 26.4. The van der Waals surface area contributed by atoms with E-state index < -0.39 is 46.0 Å². The molecule has 8 aromatic carbocycles. The highest BCUT2D eigenvalue weighted by molar-refractivity contribution is 6.30. The highest BCUT2D eigenvalue weighted by atomic mass is 16.4. The first-order valence-corrected chi connectivity index (χ1v) is 15.9. The number of para-hydroxylation sites is 1. The first-order valence-electron chi connectivity index (χ1n) is 15.9. The summed E-state index contributed by atoms with van der Waals surface area (Å²) in [6.07, 6.45) is 0. The van der Waals surface area contributed by atoms with Gasteiger partial charge in [-0.15, -0.1) is 0 Å². The Hall–Kier alpha value is -7.26. The summed E-state index contributed by atoms with van der Waals surface area (Å²) in [6, 6.07) is 32.9. The van der Waals surface area contributed by atoms with Crippen molar-refractivity contribution in [3.63, 3.8) is 0 Å². The van der Waals surface area contributed by atoms with Gasteiger partial charge in [0.25, 0.3) is 0 Å². The molecule has 0 atom stereocenters. The Morgan fingerprint density at radius 1 is 0.314 bits per heavy atom. The quantitative estimate of drug-likeness (QED) is 0.0515. The molecule has 0 unspecified atom stereocenters. The molecule has 0 spiro atoms. The van der Waals surface area contributed by atoms with E-state index in [2.05, 4.69) is 0 Å². The van der Waals surface area contributed by atoms with Gasteiger partial charge in [-0.05, 0) is 51.2 Å². The van der Waals surface area contributed by atoms with Gasteiger partial charge in [0.05, 0.1) is 0 Å². The van der Waals surface area contributed by atoms with E-state index in [-0.39, 0.29) is 32.7 Å². The summed E-state index contributed by atoms with van der Waals surface area (Å²) in [5.41, 5.74) is 3.89. The molecule has 0 aliphatic rings. The molecule has 0 saturated carbocycles. The van der Waals surface area contributed by atoms with Crippen molar-refractivity contribution in [2.24, 2.45) is 0 Å². The molecule has 51 heavy (non-hydrogen) atoms. The van der Waals surface area contributed by atoms with E-state index in [9.17, 15) is 40.9 Å². The van der Waals surface area contributed by atoms with Crippen molar-refractivity contribution >= 4 is 54.3 Å². The van der Waals surface area contributed by atoms with Crippen LogP contribution in [0, 0.1) is 0 Å². The molecule has 1 aromatic heterocycles. The largest absolute Gasteiger partial charge is 0.504 e. The number of hydrogen-bond donors (Lipinski definition) is 8. The van der Waals surface area contributed by atoms with E-state index >= 15 is 0 Å². The maximum absolute atomic E-state index is 11.6. The van der Waals surface area contributed by atoms with Gasteiger partial charge in [-0.1, -0.05) is 91.0 Å². The second kappa shape index (κ2) is 10.6. The normalized spacial score (nSPS) is 11.8. The molecule has 9 nitrogen and oxygen atoms in total. The minimum atomic E-state index is -1.02. The van der Waals surface area contributed by atoms with E-state index in [0.717, 1.165) is 38.5 Å². The van der Waals surface area contributed by atoms with Crippen LogP contribution in [-0.2, 0) is 0 Å². The van der Waals surface area contributed by atoms with Crippen LogP contribution >= 0.6 is 0 Å². The number of rotatable bonds is 3. The fraction of sp³-hybridized carbons (Fsp3) is 0. The van der Waals surface area contributed by atoms with Crippen molar-refractivity contribution in [1.29, 1.82) is 0 Å². The van der Waals surface area contributed by atoms with Gasteiger partial charge in [0, 0.05) is 43.4 Å². The van der Waals surface area contributed by atoms with Crippen LogP contribution < -0.4 is 0 Å². The van der Waals surface area contributed by atoms with Gasteiger partial charge in [0.15, 0.2) is 23.0 Å². The van der Waals surface area contributed by atoms with Gasteiger partial charge in [0.2, 0.25) is 23.0 Å². The van der Waals surface area contributed by atoms with Gasteiger partial charge in [-0.25, -0.2) is 0 Å². The van der Waals surface area contributed by atoms with E-state index in [1.165, 1.54) is 0 Å². The third kappa shape index (κ3) is 4.03. The SMILES string of the molecule is Oc1c(O)c(O)c2c(-c3ccc(-c4ccc5oc6ccccc6c5c4)c4ccccc34)c3c(O)c(O)c(O)c(O)c3c(-c3ccccc3)c2c1O. The standard InChI is InChI=1S/C42H26O9/c43-35-31-29(19-8-2-1-3-9-19)32-34(38(46)42(50)40(48)36(32)44)30(33(31)37(45)41(49)39(35)47)25-16-15-21(22-10-4-5-11-23(22)25)20-14-17-28-26(18-20)24-12-6-7-13-27(24)51-28/h1-18,43-50H. The van der Waals surface area contributed by atoms with Gasteiger partial charge >= 0.3 is 0 Å². The Bertz CT molecular complexity index is 2860. The number of fused-ring (bicyclic) bond motifs is 6. The summed E-state index contributed by atoms with van der Waals surface area (Å²) in [5, 5.41) is 92.0. The average Bonchev–Trinajstić information content (AvgIpc) is 3.54. The first kappa shape index (κ1) is 29.8. The van der Waals surface area contributed by atoms with Crippen molar-refractivity contribution < 1.29 is 45.3 Å². The third-order valence-electron chi connectivity index (χ3n) is 9.74. The fourth-order valence-electron chi connectivity index (χ4n) is 7.44. The Morgan fingerprint density at radius 3 is 1.35 bits per heavy atom. The summed E-state index contributed by atoms with van der Waals surface area (Å²) in [6.45, 7) is 0. The first-order chi connectivity index (χ1) is 24.7. The van der Waals surface area contributed by atoms with Crippen molar-refractivity contribution in [3.05, 3.63) is 109 Å². The van der Waals surface area contributed by atoms with E-state index in [1.807, 2.05) is 66.7 Å². The predicted molar refractivity (Wildman–Crippen MR) is 196 cm³/mol. The molecule has 0 aliphatic heterocycles. The lowest BCUT2D eigenvalue weighted by molar-refractivity contribution is 0.350. The predicted octanol–water partition coefficient (Wildman–Crippen LogP) is 9.69. The fourth-order valence-corrected chi connectivity index (χ4v) is 7.44. The number of furan rings is 1. The highest BCUT2D eigenvalue weighted by Gasteiger charge is 2.32. The van der Waals surface area contributed by atoms with Crippen molar-refractivity contribution in [2.75, 3.05) is 0 Å². The van der Waals surface area contributed by atoms with Crippen molar-refractivity contribution in [3.8, 4) is 79.4 Å². The maximum atomic E-state index is 11.6. The second-order valence-electron chi connectivity index (χ2n) is 12.4. The molecule has 0 fully saturated rings. The molecule has 0 bridgehead atoms. The van der Waals surface area contributed by atoms with Gasteiger partial charge in [-0.2, -0.15) is 0 Å². The molecular weight excluding hydrogens is 648 g/mol. The minimum Gasteiger partial charge on any atom is -0.504 e. The van der Waals surface area contributed by atoms with Crippen LogP contribution in [0.4, 0.5) is 0 Å². The highest BCUT2D eigenvalue weighted by Crippen LogP contribution is 2.62. The van der Waals surface area contributed by atoms with Crippen LogP contribution in [0.25, 0.3) is 87.6 Å². The monoisotopic (exact) mass is 674 g/mol. The van der Waals surface area contributed by atoms with Gasteiger partial charge in [0.1, 0.15) is 11.2 Å². The molecule has 8 N–H and O–H groups in total. The van der Waals surface area contributed by atoms with Crippen LogP contribution in [0.15, 0.2) is 114 Å². The smallest absolute Gasteiger partial charge is 0.204 e. The summed E-state index contributed by atoms with van der Waals surface area (Å²) in [5.74, 6) is -7.38. The number of phenolic OH excluding ortho intramolecular Hbond substituents is 8. The summed E-state index contributed by atoms with van der Waals surface area (Å²) >= 11 is 0. The molecule has 0 saturated heterocycles. The van der Waals surface area contributed by atoms with E-state index in [1.54, 1.807) is 42.5 Å². The molecule has 248 valence electrons.